The lowest BCUT2D eigenvalue weighted by atomic mass is 10.1. The average molecular weight is 391 g/mol. The molecule has 2 aromatic rings. The van der Waals surface area contributed by atoms with E-state index in [9.17, 15) is 0 Å². The summed E-state index contributed by atoms with van der Waals surface area (Å²) >= 11 is 0. The Morgan fingerprint density at radius 3 is 2.11 bits per heavy atom. The fourth-order valence-corrected chi connectivity index (χ4v) is 2.22. The van der Waals surface area contributed by atoms with Crippen LogP contribution in [0.3, 0.4) is 0 Å². The van der Waals surface area contributed by atoms with Crippen LogP contribution in [0, 0.1) is 0 Å². The Kier molecular flexibility index (Phi) is 8.68. The fraction of sp³-hybridized carbons (Fsp3) is 0.158. The standard InChI is InChI=1S/C19H22N4O3.ClH/c1-24-15-7-4-13(5-8-15)17(22-23-19(20)21)10-6-14-12-16(25-2)9-11-18(14)26-3;/h4-12H,1-3H3,(H4,20,21,23);1H/b10-6+,22-17+;. The summed E-state index contributed by atoms with van der Waals surface area (Å²) in [4.78, 5) is 0. The number of hydrogen-bond donors (Lipinski definition) is 3. The molecule has 0 aliphatic carbocycles. The van der Waals surface area contributed by atoms with Gasteiger partial charge in [0.05, 0.1) is 21.3 Å². The molecule has 0 amide bonds. The van der Waals surface area contributed by atoms with Gasteiger partial charge in [-0.2, -0.15) is 5.10 Å². The van der Waals surface area contributed by atoms with E-state index in [1.807, 2.05) is 54.6 Å². The van der Waals surface area contributed by atoms with Crippen LogP contribution in [-0.4, -0.2) is 33.0 Å². The maximum absolute atomic E-state index is 5.45. The Bertz CT molecular complexity index is 829. The third-order valence-electron chi connectivity index (χ3n) is 3.55. The molecule has 0 atom stereocenters. The lowest BCUT2D eigenvalue weighted by Crippen LogP contribution is -3.00. The predicted octanol–water partition coefficient (Wildman–Crippen LogP) is -2.51. The predicted molar refractivity (Wildman–Crippen MR) is 102 cm³/mol. The molecule has 0 aliphatic heterocycles. The van der Waals surface area contributed by atoms with Gasteiger partial charge >= 0.3 is 5.96 Å². The van der Waals surface area contributed by atoms with E-state index in [0.717, 1.165) is 22.6 Å². The number of ether oxygens (including phenoxy) is 3. The molecule has 144 valence electrons. The van der Waals surface area contributed by atoms with Crippen LogP contribution in [0.25, 0.3) is 6.08 Å². The quantitative estimate of drug-likeness (QED) is 0.275. The lowest BCUT2D eigenvalue weighted by Gasteiger charge is -2.07. The normalized spacial score (nSPS) is 10.9. The van der Waals surface area contributed by atoms with Gasteiger partial charge in [0, 0.05) is 11.1 Å². The van der Waals surface area contributed by atoms with Gasteiger partial charge in [0.25, 0.3) is 0 Å². The molecule has 0 bridgehead atoms. The maximum atomic E-state index is 5.45. The number of hydrogen-bond acceptors (Lipinski definition) is 4. The van der Waals surface area contributed by atoms with Crippen LogP contribution in [0.4, 0.5) is 0 Å². The molecule has 2 rings (SSSR count). The van der Waals surface area contributed by atoms with Crippen LogP contribution in [0.2, 0.25) is 0 Å². The SMILES string of the molecule is COc1ccc(C(/C=C/c2cc(OC)ccc2OC)=N/[NH+]=C(N)N)cc1.[Cl-]. The molecule has 8 heteroatoms. The van der Waals surface area contributed by atoms with E-state index < -0.39 is 0 Å². The molecule has 0 saturated heterocycles. The van der Waals surface area contributed by atoms with E-state index >= 15 is 0 Å². The third-order valence-corrected chi connectivity index (χ3v) is 3.55. The number of guanidine groups is 1. The smallest absolute Gasteiger partial charge is 0.362 e. The molecular formula is C19H23ClN4O3. The Labute approximate surface area is 164 Å². The number of nitrogens with zero attached hydrogens (tertiary/aromatic N) is 1. The minimum Gasteiger partial charge on any atom is -1.00 e. The molecular weight excluding hydrogens is 368 g/mol. The van der Waals surface area contributed by atoms with Gasteiger partial charge in [-0.15, -0.1) is 5.10 Å². The molecule has 2 aromatic carbocycles. The van der Waals surface area contributed by atoms with Crippen molar-refractivity contribution in [3.05, 3.63) is 59.7 Å². The first-order chi connectivity index (χ1) is 12.6. The zero-order chi connectivity index (χ0) is 18.9. The fourth-order valence-electron chi connectivity index (χ4n) is 2.22. The van der Waals surface area contributed by atoms with Crippen molar-refractivity contribution in [2.75, 3.05) is 21.3 Å². The van der Waals surface area contributed by atoms with Crippen LogP contribution < -0.4 is 43.2 Å². The molecule has 0 radical (unpaired) electrons. The van der Waals surface area contributed by atoms with Crippen LogP contribution >= 0.6 is 0 Å². The number of benzene rings is 2. The minimum absolute atomic E-state index is 0. The molecule has 0 heterocycles. The number of allylic oxidation sites excluding steroid dienone is 1. The first kappa shape index (κ1) is 21.9. The van der Waals surface area contributed by atoms with Gasteiger partial charge in [0.2, 0.25) is 0 Å². The third kappa shape index (κ3) is 6.23. The van der Waals surface area contributed by atoms with E-state index in [2.05, 4.69) is 10.2 Å². The average Bonchev–Trinajstić information content (AvgIpc) is 2.67. The maximum Gasteiger partial charge on any atom is 0.362 e. The van der Waals surface area contributed by atoms with Crippen molar-refractivity contribution in [1.82, 2.24) is 0 Å². The second kappa shape index (κ2) is 10.7. The number of nitrogens with two attached hydrogens (primary N) is 2. The monoisotopic (exact) mass is 390 g/mol. The van der Waals surface area contributed by atoms with Crippen molar-refractivity contribution < 1.29 is 31.7 Å². The van der Waals surface area contributed by atoms with Crippen molar-refractivity contribution in [2.45, 2.75) is 0 Å². The first-order valence-corrected chi connectivity index (χ1v) is 7.83. The number of methoxy groups -OCH3 is 3. The second-order valence-corrected chi connectivity index (χ2v) is 5.23. The minimum atomic E-state index is 0. The highest BCUT2D eigenvalue weighted by atomic mass is 35.5. The highest BCUT2D eigenvalue weighted by Gasteiger charge is 2.05. The topological polar surface area (TPSA) is 106 Å². The van der Waals surface area contributed by atoms with Crippen LogP contribution in [-0.2, 0) is 0 Å². The van der Waals surface area contributed by atoms with Crippen molar-refractivity contribution in [3.8, 4) is 17.2 Å². The Balaban J connectivity index is 0.00000364. The first-order valence-electron chi connectivity index (χ1n) is 7.83. The van der Waals surface area contributed by atoms with Crippen molar-refractivity contribution >= 4 is 17.7 Å². The van der Waals surface area contributed by atoms with Gasteiger partial charge in [-0.05, 0) is 54.6 Å². The van der Waals surface area contributed by atoms with E-state index in [4.69, 9.17) is 25.7 Å². The Morgan fingerprint density at radius 1 is 0.926 bits per heavy atom. The summed E-state index contributed by atoms with van der Waals surface area (Å²) in [7, 11) is 4.84. The lowest BCUT2D eigenvalue weighted by molar-refractivity contribution is -0.464. The summed E-state index contributed by atoms with van der Waals surface area (Å²) in [6.07, 6.45) is 3.70. The summed E-state index contributed by atoms with van der Waals surface area (Å²) < 4.78 is 15.8. The van der Waals surface area contributed by atoms with Crippen LogP contribution in [0.1, 0.15) is 11.1 Å². The molecule has 27 heavy (non-hydrogen) atoms. The van der Waals surface area contributed by atoms with E-state index in [1.165, 1.54) is 0 Å². The van der Waals surface area contributed by atoms with Gasteiger partial charge < -0.3 is 26.6 Å². The molecule has 0 fully saturated rings. The summed E-state index contributed by atoms with van der Waals surface area (Å²) in [5.41, 5.74) is 13.2. The molecule has 0 unspecified atom stereocenters. The number of hydrazone groups is 1. The number of rotatable bonds is 7. The number of nitrogens with one attached hydrogen (secondary N) is 1. The van der Waals surface area contributed by atoms with Crippen LogP contribution in [0.15, 0.2) is 53.6 Å². The summed E-state index contributed by atoms with van der Waals surface area (Å²) in [5, 5.41) is 6.82. The van der Waals surface area contributed by atoms with Gasteiger partial charge in [0.1, 0.15) is 23.0 Å². The van der Waals surface area contributed by atoms with Crippen LogP contribution in [0.5, 0.6) is 17.2 Å². The molecule has 5 N–H and O–H groups in total. The van der Waals surface area contributed by atoms with E-state index in [1.54, 1.807) is 21.3 Å². The summed E-state index contributed by atoms with van der Waals surface area (Å²) in [6, 6.07) is 13.0. The zero-order valence-corrected chi connectivity index (χ0v) is 16.2. The van der Waals surface area contributed by atoms with Crippen molar-refractivity contribution in [1.29, 1.82) is 0 Å². The second-order valence-electron chi connectivity index (χ2n) is 5.23. The van der Waals surface area contributed by atoms with Crippen molar-refractivity contribution in [2.24, 2.45) is 16.6 Å². The molecule has 0 aliphatic rings. The van der Waals surface area contributed by atoms with Gasteiger partial charge in [-0.3, -0.25) is 11.5 Å². The summed E-state index contributed by atoms with van der Waals surface area (Å²) in [5.74, 6) is 2.20. The van der Waals surface area contributed by atoms with Crippen molar-refractivity contribution in [3.63, 3.8) is 0 Å². The van der Waals surface area contributed by atoms with E-state index in [0.29, 0.717) is 11.5 Å². The Morgan fingerprint density at radius 2 is 1.56 bits per heavy atom. The largest absolute Gasteiger partial charge is 1.00 e. The van der Waals surface area contributed by atoms with Gasteiger partial charge in [-0.1, -0.05) is 0 Å². The number of halogens is 1. The Hall–Kier alpha value is -3.19. The molecule has 0 spiro atoms. The highest BCUT2D eigenvalue weighted by Crippen LogP contribution is 2.25. The molecule has 0 aromatic heterocycles. The van der Waals surface area contributed by atoms with Gasteiger partial charge in [-0.25, -0.2) is 0 Å². The van der Waals surface area contributed by atoms with Gasteiger partial charge in [0.15, 0.2) is 0 Å². The molecule has 7 nitrogen and oxygen atoms in total. The molecule has 0 saturated carbocycles. The summed E-state index contributed by atoms with van der Waals surface area (Å²) in [6.45, 7) is 0. The van der Waals surface area contributed by atoms with E-state index in [-0.39, 0.29) is 18.4 Å². The zero-order valence-electron chi connectivity index (χ0n) is 15.4. The highest BCUT2D eigenvalue weighted by molar-refractivity contribution is 6.10.